The topological polar surface area (TPSA) is 75.4 Å². The Hall–Kier alpha value is -2.63. The first kappa shape index (κ1) is 14.9. The molecule has 6 nitrogen and oxygen atoms in total. The highest BCUT2D eigenvalue weighted by Gasteiger charge is 2.41. The van der Waals surface area contributed by atoms with E-state index in [1.807, 2.05) is 42.2 Å². The second-order valence-corrected chi connectivity index (χ2v) is 6.50. The number of hydrogen-bond donors (Lipinski definition) is 1. The summed E-state index contributed by atoms with van der Waals surface area (Å²) in [7, 11) is 0. The molecule has 3 heterocycles. The Labute approximate surface area is 139 Å². The van der Waals surface area contributed by atoms with E-state index in [1.54, 1.807) is 0 Å². The number of aryl methyl sites for hydroxylation is 1. The standard InChI is InChI=1S/C18H19N3O3/c1-11-14(20-18(24-11)12-5-3-2-4-6-12)8-17(23)21-9-13-7-16(22)19-15(13)10-21/h2-6,13,15H,7-10H2,1H3,(H,19,22)/t13-,15+/m0/s1. The molecule has 2 amide bonds. The highest BCUT2D eigenvalue weighted by molar-refractivity contribution is 5.82. The molecule has 0 spiro atoms. The van der Waals surface area contributed by atoms with Gasteiger partial charge in [-0.15, -0.1) is 0 Å². The zero-order valence-electron chi connectivity index (χ0n) is 13.5. The lowest BCUT2D eigenvalue weighted by Crippen LogP contribution is -2.36. The molecule has 0 aliphatic carbocycles. The molecule has 0 radical (unpaired) electrons. The van der Waals surface area contributed by atoms with E-state index < -0.39 is 0 Å². The van der Waals surface area contributed by atoms with Gasteiger partial charge in [-0.05, 0) is 19.1 Å². The van der Waals surface area contributed by atoms with E-state index in [4.69, 9.17) is 4.42 Å². The lowest BCUT2D eigenvalue weighted by Gasteiger charge is -2.16. The molecule has 1 aromatic carbocycles. The molecular weight excluding hydrogens is 306 g/mol. The number of fused-ring (bicyclic) bond motifs is 1. The molecule has 0 unspecified atom stereocenters. The maximum Gasteiger partial charge on any atom is 0.228 e. The van der Waals surface area contributed by atoms with Gasteiger partial charge >= 0.3 is 0 Å². The van der Waals surface area contributed by atoms with Gasteiger partial charge in [0.2, 0.25) is 17.7 Å². The van der Waals surface area contributed by atoms with Gasteiger partial charge in [0.25, 0.3) is 0 Å². The second kappa shape index (κ2) is 5.78. The predicted octanol–water partition coefficient (Wildman–Crippen LogP) is 1.54. The lowest BCUT2D eigenvalue weighted by molar-refractivity contribution is -0.130. The molecule has 2 atom stereocenters. The Morgan fingerprint density at radius 1 is 1.33 bits per heavy atom. The number of carbonyl (C=O) groups excluding carboxylic acids is 2. The molecule has 6 heteroatoms. The van der Waals surface area contributed by atoms with Crippen molar-refractivity contribution in [2.45, 2.75) is 25.8 Å². The van der Waals surface area contributed by atoms with Crippen LogP contribution in [0.4, 0.5) is 0 Å². The maximum atomic E-state index is 12.6. The fraction of sp³-hybridized carbons (Fsp3) is 0.389. The lowest BCUT2D eigenvalue weighted by atomic mass is 10.1. The Kier molecular flexibility index (Phi) is 3.59. The summed E-state index contributed by atoms with van der Waals surface area (Å²) in [5, 5.41) is 2.93. The van der Waals surface area contributed by atoms with Crippen molar-refractivity contribution in [3.05, 3.63) is 41.8 Å². The number of nitrogens with zero attached hydrogens (tertiary/aromatic N) is 2. The van der Waals surface area contributed by atoms with Crippen LogP contribution in [-0.2, 0) is 16.0 Å². The first-order valence-corrected chi connectivity index (χ1v) is 8.19. The van der Waals surface area contributed by atoms with Gasteiger partial charge in [-0.1, -0.05) is 18.2 Å². The minimum atomic E-state index is 0.0367. The fourth-order valence-electron chi connectivity index (χ4n) is 3.50. The zero-order valence-corrected chi connectivity index (χ0v) is 13.5. The molecule has 0 bridgehead atoms. The van der Waals surface area contributed by atoms with Gasteiger partial charge in [0, 0.05) is 31.0 Å². The van der Waals surface area contributed by atoms with E-state index in [1.165, 1.54) is 0 Å². The number of nitrogens with one attached hydrogen (secondary N) is 1. The number of oxazole rings is 1. The summed E-state index contributed by atoms with van der Waals surface area (Å²) in [6.07, 6.45) is 0.755. The highest BCUT2D eigenvalue weighted by atomic mass is 16.4. The molecule has 0 saturated carbocycles. The van der Waals surface area contributed by atoms with Crippen LogP contribution in [0.2, 0.25) is 0 Å². The summed E-state index contributed by atoms with van der Waals surface area (Å²) >= 11 is 0. The summed E-state index contributed by atoms with van der Waals surface area (Å²) in [6, 6.07) is 9.77. The number of amides is 2. The van der Waals surface area contributed by atoms with Crippen LogP contribution in [0.1, 0.15) is 17.9 Å². The van der Waals surface area contributed by atoms with Gasteiger partial charge in [-0.25, -0.2) is 4.98 Å². The Morgan fingerprint density at radius 3 is 2.88 bits per heavy atom. The molecule has 4 rings (SSSR count). The Bertz CT molecular complexity index is 768. The van der Waals surface area contributed by atoms with E-state index in [-0.39, 0.29) is 30.2 Å². The molecule has 2 aromatic rings. The van der Waals surface area contributed by atoms with Crippen molar-refractivity contribution in [1.82, 2.24) is 15.2 Å². The van der Waals surface area contributed by atoms with Crippen molar-refractivity contribution in [3.8, 4) is 11.5 Å². The van der Waals surface area contributed by atoms with Crippen LogP contribution in [0.15, 0.2) is 34.7 Å². The summed E-state index contributed by atoms with van der Waals surface area (Å²) in [5.74, 6) is 1.60. The van der Waals surface area contributed by atoms with Crippen LogP contribution >= 0.6 is 0 Å². The second-order valence-electron chi connectivity index (χ2n) is 6.50. The highest BCUT2D eigenvalue weighted by Crippen LogP contribution is 2.27. The van der Waals surface area contributed by atoms with Gasteiger partial charge in [-0.3, -0.25) is 9.59 Å². The minimum absolute atomic E-state index is 0.0367. The van der Waals surface area contributed by atoms with Crippen molar-refractivity contribution in [2.75, 3.05) is 13.1 Å². The van der Waals surface area contributed by atoms with Crippen molar-refractivity contribution < 1.29 is 14.0 Å². The number of aromatic nitrogens is 1. The molecule has 2 fully saturated rings. The van der Waals surface area contributed by atoms with Gasteiger partial charge < -0.3 is 14.6 Å². The van der Waals surface area contributed by atoms with Crippen LogP contribution < -0.4 is 5.32 Å². The van der Waals surface area contributed by atoms with E-state index in [0.29, 0.717) is 36.9 Å². The molecule has 2 aliphatic rings. The van der Waals surface area contributed by atoms with Crippen molar-refractivity contribution in [1.29, 1.82) is 0 Å². The molecule has 24 heavy (non-hydrogen) atoms. The third-order valence-corrected chi connectivity index (χ3v) is 4.82. The van der Waals surface area contributed by atoms with Crippen LogP contribution in [0, 0.1) is 12.8 Å². The van der Waals surface area contributed by atoms with Crippen molar-refractivity contribution in [2.24, 2.45) is 5.92 Å². The van der Waals surface area contributed by atoms with Crippen LogP contribution in [0.5, 0.6) is 0 Å². The van der Waals surface area contributed by atoms with Crippen LogP contribution in [-0.4, -0.2) is 40.8 Å². The largest absolute Gasteiger partial charge is 0.441 e. The first-order valence-electron chi connectivity index (χ1n) is 8.19. The first-order chi connectivity index (χ1) is 11.6. The number of carbonyl (C=O) groups is 2. The van der Waals surface area contributed by atoms with Gasteiger partial charge in [-0.2, -0.15) is 0 Å². The van der Waals surface area contributed by atoms with E-state index in [9.17, 15) is 9.59 Å². The van der Waals surface area contributed by atoms with Crippen molar-refractivity contribution in [3.63, 3.8) is 0 Å². The molecule has 2 saturated heterocycles. The van der Waals surface area contributed by atoms with Gasteiger partial charge in [0.05, 0.1) is 18.2 Å². The van der Waals surface area contributed by atoms with E-state index in [2.05, 4.69) is 10.3 Å². The number of rotatable bonds is 3. The predicted molar refractivity (Wildman–Crippen MR) is 87.0 cm³/mol. The fourth-order valence-corrected chi connectivity index (χ4v) is 3.50. The normalized spacial score (nSPS) is 22.5. The third kappa shape index (κ3) is 2.68. The molecule has 2 aliphatic heterocycles. The quantitative estimate of drug-likeness (QED) is 0.929. The monoisotopic (exact) mass is 325 g/mol. The molecule has 1 aromatic heterocycles. The Balaban J connectivity index is 1.45. The van der Waals surface area contributed by atoms with E-state index >= 15 is 0 Å². The molecule has 1 N–H and O–H groups in total. The van der Waals surface area contributed by atoms with Gasteiger partial charge in [0.1, 0.15) is 5.76 Å². The number of likely N-dealkylation sites (tertiary alicyclic amines) is 1. The maximum absolute atomic E-state index is 12.6. The average Bonchev–Trinajstić information content (AvgIpc) is 3.21. The third-order valence-electron chi connectivity index (χ3n) is 4.82. The van der Waals surface area contributed by atoms with E-state index in [0.717, 1.165) is 5.56 Å². The smallest absolute Gasteiger partial charge is 0.228 e. The summed E-state index contributed by atoms with van der Waals surface area (Å²) in [6.45, 7) is 3.07. The summed E-state index contributed by atoms with van der Waals surface area (Å²) < 4.78 is 5.71. The SMILES string of the molecule is Cc1oc(-c2ccccc2)nc1CC(=O)N1C[C@@H]2CC(=O)N[C@@H]2C1. The molecule has 124 valence electrons. The van der Waals surface area contributed by atoms with Crippen LogP contribution in [0.3, 0.4) is 0 Å². The molecular formula is C18H19N3O3. The Morgan fingerprint density at radius 2 is 2.12 bits per heavy atom. The number of benzene rings is 1. The van der Waals surface area contributed by atoms with Gasteiger partial charge in [0.15, 0.2) is 0 Å². The number of hydrogen-bond acceptors (Lipinski definition) is 4. The zero-order chi connectivity index (χ0) is 16.7. The summed E-state index contributed by atoms with van der Waals surface area (Å²) in [4.78, 5) is 30.2. The van der Waals surface area contributed by atoms with Crippen LogP contribution in [0.25, 0.3) is 11.5 Å². The van der Waals surface area contributed by atoms with Crippen molar-refractivity contribution >= 4 is 11.8 Å². The summed E-state index contributed by atoms with van der Waals surface area (Å²) in [5.41, 5.74) is 1.58. The minimum Gasteiger partial charge on any atom is -0.441 e. The average molecular weight is 325 g/mol.